The summed E-state index contributed by atoms with van der Waals surface area (Å²) in [6.45, 7) is 2.32. The fourth-order valence-corrected chi connectivity index (χ4v) is 2.34. The van der Waals surface area contributed by atoms with Gasteiger partial charge in [0, 0.05) is 30.1 Å². The number of hydrogen-bond acceptors (Lipinski definition) is 5. The molecule has 0 fully saturated rings. The topological polar surface area (TPSA) is 50.7 Å². The summed E-state index contributed by atoms with van der Waals surface area (Å²) in [5, 5.41) is 5.30. The highest BCUT2D eigenvalue weighted by molar-refractivity contribution is 7.09. The maximum Gasteiger partial charge on any atom is 0.451 e. The summed E-state index contributed by atoms with van der Waals surface area (Å²) in [5.41, 5.74) is 0. The first-order chi connectivity index (χ1) is 9.36. The molecule has 2 rings (SSSR count). The van der Waals surface area contributed by atoms with Gasteiger partial charge < -0.3 is 5.32 Å². The van der Waals surface area contributed by atoms with Crippen LogP contribution >= 0.6 is 22.9 Å². The van der Waals surface area contributed by atoms with E-state index in [1.54, 1.807) is 6.20 Å². The van der Waals surface area contributed by atoms with Crippen LogP contribution in [-0.2, 0) is 6.18 Å². The minimum atomic E-state index is -4.62. The van der Waals surface area contributed by atoms with E-state index >= 15 is 0 Å². The smallest absolute Gasteiger partial charge is 0.369 e. The number of halogens is 4. The molecule has 4 nitrogen and oxygen atoms in total. The fraction of sp³-hybridized carbons (Fsp3) is 0.364. The number of alkyl halides is 3. The summed E-state index contributed by atoms with van der Waals surface area (Å²) in [7, 11) is 0. The van der Waals surface area contributed by atoms with Crippen molar-refractivity contribution in [2.75, 3.05) is 11.9 Å². The average molecular weight is 323 g/mol. The third-order valence-electron chi connectivity index (χ3n) is 2.41. The second-order valence-corrected chi connectivity index (χ2v) is 5.36. The zero-order chi connectivity index (χ0) is 14.8. The molecule has 0 amide bonds. The van der Waals surface area contributed by atoms with Crippen LogP contribution in [-0.4, -0.2) is 21.5 Å². The van der Waals surface area contributed by atoms with Gasteiger partial charge in [-0.2, -0.15) is 13.2 Å². The molecule has 108 valence electrons. The van der Waals surface area contributed by atoms with Crippen LogP contribution in [0.1, 0.15) is 23.7 Å². The number of hydrogen-bond donors (Lipinski definition) is 1. The van der Waals surface area contributed by atoms with E-state index in [1.807, 2.05) is 12.3 Å². The van der Waals surface area contributed by atoms with Crippen LogP contribution in [0, 0.1) is 0 Å². The van der Waals surface area contributed by atoms with E-state index < -0.39 is 12.0 Å². The predicted octanol–water partition coefficient (Wildman–Crippen LogP) is 3.82. The van der Waals surface area contributed by atoms with E-state index in [0.29, 0.717) is 6.54 Å². The zero-order valence-corrected chi connectivity index (χ0v) is 11.9. The van der Waals surface area contributed by atoms with Gasteiger partial charge in [0.15, 0.2) is 0 Å². The lowest BCUT2D eigenvalue weighted by atomic mass is 10.2. The first-order valence-corrected chi connectivity index (χ1v) is 6.87. The summed E-state index contributed by atoms with van der Waals surface area (Å²) in [4.78, 5) is 10.7. The van der Waals surface area contributed by atoms with Gasteiger partial charge in [0.05, 0.1) is 5.01 Å². The summed E-state index contributed by atoms with van der Waals surface area (Å²) in [6.07, 6.45) is -2.94. The van der Waals surface area contributed by atoms with Crippen molar-refractivity contribution < 1.29 is 13.2 Å². The monoisotopic (exact) mass is 322 g/mol. The molecular weight excluding hydrogens is 313 g/mol. The third-order valence-corrected chi connectivity index (χ3v) is 3.61. The van der Waals surface area contributed by atoms with Gasteiger partial charge in [-0.05, 0) is 0 Å². The van der Waals surface area contributed by atoms with E-state index in [2.05, 4.69) is 20.3 Å². The molecule has 2 aromatic heterocycles. The SMILES string of the molecule is CC(CNc1cc(Cl)nc(C(F)(F)F)n1)c1nccs1. The van der Waals surface area contributed by atoms with E-state index in [4.69, 9.17) is 11.6 Å². The van der Waals surface area contributed by atoms with Gasteiger partial charge in [-0.15, -0.1) is 11.3 Å². The molecule has 2 aromatic rings. The van der Waals surface area contributed by atoms with Gasteiger partial charge in [0.1, 0.15) is 11.0 Å². The molecule has 0 bridgehead atoms. The van der Waals surface area contributed by atoms with Crippen LogP contribution in [0.4, 0.5) is 19.0 Å². The quantitative estimate of drug-likeness (QED) is 0.869. The Balaban J connectivity index is 2.08. The van der Waals surface area contributed by atoms with Crippen molar-refractivity contribution in [3.05, 3.63) is 33.6 Å². The van der Waals surface area contributed by atoms with Crippen LogP contribution in [0.5, 0.6) is 0 Å². The molecule has 1 atom stereocenters. The van der Waals surface area contributed by atoms with Crippen molar-refractivity contribution in [1.82, 2.24) is 15.0 Å². The first kappa shape index (κ1) is 15.0. The average Bonchev–Trinajstić information content (AvgIpc) is 2.88. The highest BCUT2D eigenvalue weighted by atomic mass is 35.5. The summed E-state index contributed by atoms with van der Waals surface area (Å²) in [5.74, 6) is -1.16. The number of nitrogens with zero attached hydrogens (tertiary/aromatic N) is 3. The molecule has 0 saturated carbocycles. The van der Waals surface area contributed by atoms with Crippen LogP contribution < -0.4 is 5.32 Å². The molecule has 20 heavy (non-hydrogen) atoms. The van der Waals surface area contributed by atoms with Gasteiger partial charge in [-0.1, -0.05) is 18.5 Å². The van der Waals surface area contributed by atoms with Gasteiger partial charge in [0.2, 0.25) is 5.82 Å². The van der Waals surface area contributed by atoms with Crippen molar-refractivity contribution in [2.24, 2.45) is 0 Å². The van der Waals surface area contributed by atoms with Gasteiger partial charge in [-0.3, -0.25) is 0 Å². The molecule has 1 N–H and O–H groups in total. The highest BCUT2D eigenvalue weighted by Gasteiger charge is 2.35. The van der Waals surface area contributed by atoms with Gasteiger partial charge in [-0.25, -0.2) is 15.0 Å². The van der Waals surface area contributed by atoms with Gasteiger partial charge in [0.25, 0.3) is 0 Å². The lowest BCUT2D eigenvalue weighted by Gasteiger charge is -2.12. The molecule has 0 spiro atoms. The van der Waals surface area contributed by atoms with Crippen molar-refractivity contribution in [2.45, 2.75) is 19.0 Å². The Hall–Kier alpha value is -1.41. The Morgan fingerprint density at radius 1 is 1.40 bits per heavy atom. The zero-order valence-electron chi connectivity index (χ0n) is 10.3. The molecule has 1 unspecified atom stereocenters. The minimum absolute atomic E-state index is 0.0423. The Labute approximate surface area is 122 Å². The Morgan fingerprint density at radius 3 is 2.75 bits per heavy atom. The van der Waals surface area contributed by atoms with E-state index in [9.17, 15) is 13.2 Å². The fourth-order valence-electron chi connectivity index (χ4n) is 1.46. The Kier molecular flexibility index (Phi) is 4.44. The van der Waals surface area contributed by atoms with Crippen LogP contribution in [0.15, 0.2) is 17.6 Å². The molecule has 0 saturated heterocycles. The number of aromatic nitrogens is 3. The van der Waals surface area contributed by atoms with Crippen molar-refractivity contribution in [3.63, 3.8) is 0 Å². The van der Waals surface area contributed by atoms with Crippen molar-refractivity contribution in [1.29, 1.82) is 0 Å². The predicted molar refractivity (Wildman–Crippen MR) is 71.1 cm³/mol. The number of rotatable bonds is 4. The normalized spacial score (nSPS) is 13.2. The molecular formula is C11H10ClF3N4S. The standard InChI is InChI=1S/C11H10ClF3N4S/c1-6(9-16-2-3-20-9)5-17-8-4-7(12)18-10(19-8)11(13,14)15/h2-4,6H,5H2,1H3,(H,17,18,19). The lowest BCUT2D eigenvalue weighted by Crippen LogP contribution is -2.15. The van der Waals surface area contributed by atoms with Crippen LogP contribution in [0.25, 0.3) is 0 Å². The second kappa shape index (κ2) is 5.92. The van der Waals surface area contributed by atoms with E-state index in [1.165, 1.54) is 17.4 Å². The van der Waals surface area contributed by atoms with Gasteiger partial charge >= 0.3 is 6.18 Å². The van der Waals surface area contributed by atoms with E-state index in [0.717, 1.165) is 5.01 Å². The first-order valence-electron chi connectivity index (χ1n) is 5.61. The number of anilines is 1. The number of thiazole rings is 1. The molecule has 0 aliphatic heterocycles. The summed E-state index contributed by atoms with van der Waals surface area (Å²) in [6, 6.07) is 1.26. The molecule has 0 aliphatic rings. The Bertz CT molecular complexity index is 574. The third kappa shape index (κ3) is 3.80. The molecule has 9 heteroatoms. The maximum atomic E-state index is 12.6. The van der Waals surface area contributed by atoms with Crippen molar-refractivity contribution in [3.8, 4) is 0 Å². The molecule has 0 radical (unpaired) electrons. The summed E-state index contributed by atoms with van der Waals surface area (Å²) >= 11 is 7.06. The minimum Gasteiger partial charge on any atom is -0.369 e. The molecule has 0 aromatic carbocycles. The molecule has 2 heterocycles. The largest absolute Gasteiger partial charge is 0.451 e. The van der Waals surface area contributed by atoms with Crippen LogP contribution in [0.3, 0.4) is 0 Å². The maximum absolute atomic E-state index is 12.6. The number of nitrogens with one attached hydrogen (secondary N) is 1. The van der Waals surface area contributed by atoms with Crippen molar-refractivity contribution >= 4 is 28.8 Å². The highest BCUT2D eigenvalue weighted by Crippen LogP contribution is 2.28. The lowest BCUT2D eigenvalue weighted by molar-refractivity contribution is -0.144. The molecule has 0 aliphatic carbocycles. The van der Waals surface area contributed by atoms with Crippen LogP contribution in [0.2, 0.25) is 5.15 Å². The van der Waals surface area contributed by atoms with E-state index in [-0.39, 0.29) is 16.9 Å². The summed E-state index contributed by atoms with van der Waals surface area (Å²) < 4.78 is 37.7. The second-order valence-electron chi connectivity index (χ2n) is 4.05. The Morgan fingerprint density at radius 2 is 2.15 bits per heavy atom.